The number of carbonyl (C=O) groups excluding carboxylic acids is 1. The van der Waals surface area contributed by atoms with Crippen molar-refractivity contribution in [3.8, 4) is 28.2 Å². The maximum Gasteiger partial charge on any atom is 0.255 e. The van der Waals surface area contributed by atoms with Gasteiger partial charge in [-0.1, -0.05) is 42.0 Å². The van der Waals surface area contributed by atoms with Crippen LogP contribution < -0.4 is 9.62 Å². The Kier molecular flexibility index (Phi) is 5.63. The summed E-state index contributed by atoms with van der Waals surface area (Å²) < 4.78 is 32.1. The number of benzene rings is 3. The molecule has 0 spiro atoms. The van der Waals surface area contributed by atoms with Crippen molar-refractivity contribution >= 4 is 32.6 Å². The molecule has 0 fully saturated rings. The first-order valence-electron chi connectivity index (χ1n) is 10.2. The van der Waals surface area contributed by atoms with Crippen LogP contribution in [-0.2, 0) is 10.0 Å². The van der Waals surface area contributed by atoms with Crippen LogP contribution in [-0.4, -0.2) is 39.8 Å². The van der Waals surface area contributed by atoms with Crippen molar-refractivity contribution in [3.63, 3.8) is 0 Å². The molecule has 2 N–H and O–H groups in total. The van der Waals surface area contributed by atoms with Gasteiger partial charge in [0.25, 0.3) is 5.91 Å². The van der Waals surface area contributed by atoms with Gasteiger partial charge >= 0.3 is 0 Å². The van der Waals surface area contributed by atoms with Crippen LogP contribution in [0.2, 0.25) is 0 Å². The van der Waals surface area contributed by atoms with Crippen molar-refractivity contribution in [2.75, 3.05) is 24.7 Å². The average Bonchev–Trinajstić information content (AvgIpc) is 3.16. The third-order valence-electron chi connectivity index (χ3n) is 5.59. The maximum atomic E-state index is 12.9. The maximum absolute atomic E-state index is 12.9. The van der Waals surface area contributed by atoms with Crippen molar-refractivity contribution < 1.29 is 22.7 Å². The van der Waals surface area contributed by atoms with Crippen molar-refractivity contribution in [1.82, 2.24) is 5.32 Å². The van der Waals surface area contributed by atoms with Gasteiger partial charge < -0.3 is 14.8 Å². The Morgan fingerprint density at radius 1 is 1.00 bits per heavy atom. The molecule has 1 amide bonds. The molecule has 4 rings (SSSR count). The molecule has 0 saturated heterocycles. The van der Waals surface area contributed by atoms with E-state index < -0.39 is 10.0 Å². The van der Waals surface area contributed by atoms with Gasteiger partial charge in [-0.25, -0.2) is 8.42 Å². The Morgan fingerprint density at radius 2 is 1.61 bits per heavy atom. The topological polar surface area (TPSA) is 99.9 Å². The van der Waals surface area contributed by atoms with Crippen LogP contribution in [0.1, 0.15) is 15.9 Å². The Bertz CT molecular complexity index is 1450. The molecule has 1 heterocycles. The van der Waals surface area contributed by atoms with Crippen LogP contribution in [0.3, 0.4) is 0 Å². The SMILES string of the molecule is CNC(=O)c1c(-c2ccc(C)cc2)oc2cc(N(C)S(C)(=O)=O)c(-c3ccc(O)cc3)cc12. The molecule has 0 atom stereocenters. The first-order chi connectivity index (χ1) is 15.6. The summed E-state index contributed by atoms with van der Waals surface area (Å²) in [5.74, 6) is 0.180. The largest absolute Gasteiger partial charge is 0.508 e. The third-order valence-corrected chi connectivity index (χ3v) is 6.78. The number of sulfonamides is 1. The molecular formula is C25H24N2O5S. The lowest BCUT2D eigenvalue weighted by molar-refractivity contribution is 0.0964. The summed E-state index contributed by atoms with van der Waals surface area (Å²) in [4.78, 5) is 12.9. The summed E-state index contributed by atoms with van der Waals surface area (Å²) >= 11 is 0. The van der Waals surface area contributed by atoms with Gasteiger partial charge in [0, 0.05) is 36.7 Å². The highest BCUT2D eigenvalue weighted by molar-refractivity contribution is 7.92. The minimum atomic E-state index is -3.58. The van der Waals surface area contributed by atoms with Crippen LogP contribution >= 0.6 is 0 Å². The van der Waals surface area contributed by atoms with Crippen LogP contribution in [0, 0.1) is 6.92 Å². The fourth-order valence-corrected chi connectivity index (χ4v) is 4.21. The van der Waals surface area contributed by atoms with Gasteiger partial charge in [0.2, 0.25) is 10.0 Å². The lowest BCUT2D eigenvalue weighted by Gasteiger charge is -2.20. The molecule has 3 aromatic carbocycles. The second-order valence-corrected chi connectivity index (χ2v) is 9.91. The number of nitrogens with one attached hydrogen (secondary N) is 1. The number of carbonyl (C=O) groups is 1. The monoisotopic (exact) mass is 464 g/mol. The number of fused-ring (bicyclic) bond motifs is 1. The number of nitrogens with zero attached hydrogens (tertiary/aromatic N) is 1. The summed E-state index contributed by atoms with van der Waals surface area (Å²) in [6, 6.07) is 17.4. The Labute approximate surface area is 192 Å². The van der Waals surface area contributed by atoms with E-state index in [2.05, 4.69) is 5.32 Å². The van der Waals surface area contributed by atoms with Gasteiger partial charge in [-0.05, 0) is 30.7 Å². The van der Waals surface area contributed by atoms with E-state index in [1.54, 1.807) is 31.3 Å². The van der Waals surface area contributed by atoms with Crippen molar-refractivity contribution in [3.05, 3.63) is 71.8 Å². The predicted octanol–water partition coefficient (Wildman–Crippen LogP) is 4.54. The highest BCUT2D eigenvalue weighted by Crippen LogP contribution is 2.41. The standard InChI is InChI=1S/C25H24N2O5S/c1-15-5-7-17(8-6-15)24-23(25(29)26-2)20-13-19(16-9-11-18(28)12-10-16)21(14-22(20)32-24)27(3)33(4,30)31/h5-14,28H,1-4H3,(H,26,29). The molecule has 0 aliphatic rings. The normalized spacial score (nSPS) is 11.5. The average molecular weight is 465 g/mol. The first kappa shape index (κ1) is 22.4. The third kappa shape index (κ3) is 4.17. The zero-order valence-electron chi connectivity index (χ0n) is 18.7. The number of hydrogen-bond acceptors (Lipinski definition) is 5. The lowest BCUT2D eigenvalue weighted by atomic mass is 9.98. The minimum absolute atomic E-state index is 0.0915. The van der Waals surface area contributed by atoms with Gasteiger partial charge in [-0.3, -0.25) is 9.10 Å². The highest BCUT2D eigenvalue weighted by atomic mass is 32.2. The number of anilines is 1. The molecule has 0 unspecified atom stereocenters. The zero-order valence-corrected chi connectivity index (χ0v) is 19.5. The van der Waals surface area contributed by atoms with E-state index in [1.807, 2.05) is 31.2 Å². The minimum Gasteiger partial charge on any atom is -0.508 e. The molecule has 0 radical (unpaired) electrons. The molecule has 33 heavy (non-hydrogen) atoms. The predicted molar refractivity (Wildman–Crippen MR) is 130 cm³/mol. The van der Waals surface area contributed by atoms with E-state index >= 15 is 0 Å². The first-order valence-corrected chi connectivity index (χ1v) is 12.1. The fraction of sp³-hybridized carbons (Fsp3) is 0.160. The molecule has 4 aromatic rings. The molecule has 1 aromatic heterocycles. The molecule has 7 nitrogen and oxygen atoms in total. The van der Waals surface area contributed by atoms with Crippen LogP contribution in [0.25, 0.3) is 33.4 Å². The van der Waals surface area contributed by atoms with Gasteiger partial charge in [0.1, 0.15) is 17.1 Å². The van der Waals surface area contributed by atoms with Crippen LogP contribution in [0.4, 0.5) is 5.69 Å². The lowest BCUT2D eigenvalue weighted by Crippen LogP contribution is -2.25. The van der Waals surface area contributed by atoms with Crippen LogP contribution in [0.5, 0.6) is 5.75 Å². The Morgan fingerprint density at radius 3 is 2.18 bits per heavy atom. The molecular weight excluding hydrogens is 440 g/mol. The number of aryl methyl sites for hydroxylation is 1. The molecule has 0 bridgehead atoms. The van der Waals surface area contributed by atoms with Gasteiger partial charge in [-0.15, -0.1) is 0 Å². The van der Waals surface area contributed by atoms with Crippen molar-refractivity contribution in [1.29, 1.82) is 0 Å². The number of phenolic OH excluding ortho intramolecular Hbond substituents is 1. The molecule has 0 aliphatic carbocycles. The van der Waals surface area contributed by atoms with E-state index in [-0.39, 0.29) is 11.7 Å². The number of amides is 1. The number of rotatable bonds is 5. The van der Waals surface area contributed by atoms with E-state index in [9.17, 15) is 18.3 Å². The molecule has 170 valence electrons. The summed E-state index contributed by atoms with van der Waals surface area (Å²) in [6.07, 6.45) is 1.12. The van der Waals surface area contributed by atoms with Crippen molar-refractivity contribution in [2.45, 2.75) is 6.92 Å². The smallest absolute Gasteiger partial charge is 0.255 e. The number of furan rings is 1. The number of hydrogen-bond donors (Lipinski definition) is 2. The Hall–Kier alpha value is -3.78. The van der Waals surface area contributed by atoms with Gasteiger partial charge in [-0.2, -0.15) is 0 Å². The number of aromatic hydroxyl groups is 1. The van der Waals surface area contributed by atoms with E-state index in [4.69, 9.17) is 4.42 Å². The van der Waals surface area contributed by atoms with Gasteiger partial charge in [0.05, 0.1) is 17.5 Å². The fourth-order valence-electron chi connectivity index (χ4n) is 3.70. The quantitative estimate of drug-likeness (QED) is 0.452. The Balaban J connectivity index is 2.07. The molecule has 0 aliphatic heterocycles. The summed E-state index contributed by atoms with van der Waals surface area (Å²) in [5, 5.41) is 12.9. The van der Waals surface area contributed by atoms with Crippen molar-refractivity contribution in [2.24, 2.45) is 0 Å². The van der Waals surface area contributed by atoms with E-state index in [1.165, 1.54) is 23.5 Å². The number of phenols is 1. The second-order valence-electron chi connectivity index (χ2n) is 7.89. The summed E-state index contributed by atoms with van der Waals surface area (Å²) in [5.41, 5.74) is 4.21. The highest BCUT2D eigenvalue weighted by Gasteiger charge is 2.25. The summed E-state index contributed by atoms with van der Waals surface area (Å²) in [7, 11) is -0.571. The molecule has 0 saturated carbocycles. The second kappa shape index (κ2) is 8.29. The van der Waals surface area contributed by atoms with Gasteiger partial charge in [0.15, 0.2) is 0 Å². The van der Waals surface area contributed by atoms with E-state index in [0.29, 0.717) is 39.1 Å². The zero-order chi connectivity index (χ0) is 23.9. The summed E-state index contributed by atoms with van der Waals surface area (Å²) in [6.45, 7) is 1.97. The molecule has 8 heteroatoms. The van der Waals surface area contributed by atoms with Crippen LogP contribution in [0.15, 0.2) is 65.1 Å². The van der Waals surface area contributed by atoms with E-state index in [0.717, 1.165) is 17.4 Å².